The van der Waals surface area contributed by atoms with Gasteiger partial charge in [0.05, 0.1) is 24.9 Å². The minimum absolute atomic E-state index is 0.338. The van der Waals surface area contributed by atoms with Crippen LogP contribution in [0.15, 0.2) is 66.7 Å². The van der Waals surface area contributed by atoms with E-state index >= 15 is 0 Å². The zero-order valence-electron chi connectivity index (χ0n) is 15.2. The first-order valence-electron chi connectivity index (χ1n) is 8.77. The van der Waals surface area contributed by atoms with Crippen LogP contribution in [0.25, 0.3) is 11.1 Å². The topological polar surface area (TPSA) is 46.6 Å². The molecule has 1 amide bonds. The summed E-state index contributed by atoms with van der Waals surface area (Å²) in [5.41, 5.74) is 5.25. The van der Waals surface area contributed by atoms with Crippen LogP contribution in [0.1, 0.15) is 21.5 Å². The normalized spacial score (nSPS) is 13.0. The van der Waals surface area contributed by atoms with Crippen LogP contribution in [0.3, 0.4) is 0 Å². The second kappa shape index (κ2) is 6.72. The predicted molar refractivity (Wildman–Crippen MR) is 105 cm³/mol. The van der Waals surface area contributed by atoms with Gasteiger partial charge >= 0.3 is 0 Å². The Bertz CT molecular complexity index is 1050. The number of carbonyl (C=O) groups excluding carboxylic acids is 2. The lowest BCUT2D eigenvalue weighted by Gasteiger charge is -2.18. The van der Waals surface area contributed by atoms with E-state index in [4.69, 9.17) is 4.74 Å². The number of nitrogens with zero attached hydrogens (tertiary/aromatic N) is 1. The van der Waals surface area contributed by atoms with Gasteiger partial charge in [-0.2, -0.15) is 0 Å². The highest BCUT2D eigenvalue weighted by atomic mass is 16.5. The molecule has 134 valence electrons. The van der Waals surface area contributed by atoms with Gasteiger partial charge in [0.1, 0.15) is 5.75 Å². The zero-order valence-corrected chi connectivity index (χ0v) is 15.2. The summed E-state index contributed by atoms with van der Waals surface area (Å²) in [6.07, 6.45) is 0. The molecule has 1 aliphatic rings. The average molecular weight is 357 g/mol. The van der Waals surface area contributed by atoms with Gasteiger partial charge in [-0.3, -0.25) is 9.59 Å². The second-order valence-electron chi connectivity index (χ2n) is 6.64. The SMILES string of the molecule is COc1ccc(CN2C(=O)C(=O)c3ccccc32)cc1-c1cccc(C)c1. The van der Waals surface area contributed by atoms with E-state index in [0.29, 0.717) is 17.8 Å². The molecule has 27 heavy (non-hydrogen) atoms. The molecular weight excluding hydrogens is 338 g/mol. The lowest BCUT2D eigenvalue weighted by Crippen LogP contribution is -2.29. The number of Topliss-reactive ketones (excluding diaryl/α,β-unsaturated/α-hetero) is 1. The maximum atomic E-state index is 12.4. The lowest BCUT2D eigenvalue weighted by atomic mass is 10.00. The van der Waals surface area contributed by atoms with E-state index in [9.17, 15) is 9.59 Å². The second-order valence-corrected chi connectivity index (χ2v) is 6.64. The smallest absolute Gasteiger partial charge is 0.299 e. The molecule has 0 unspecified atom stereocenters. The molecule has 0 saturated carbocycles. The highest BCUT2D eigenvalue weighted by Gasteiger charge is 2.35. The van der Waals surface area contributed by atoms with Crippen molar-refractivity contribution in [2.75, 3.05) is 12.0 Å². The van der Waals surface area contributed by atoms with Crippen molar-refractivity contribution in [1.82, 2.24) is 0 Å². The summed E-state index contributed by atoms with van der Waals surface area (Å²) in [6.45, 7) is 2.38. The number of ether oxygens (including phenoxy) is 1. The summed E-state index contributed by atoms with van der Waals surface area (Å²) < 4.78 is 5.52. The third-order valence-electron chi connectivity index (χ3n) is 4.81. The van der Waals surface area contributed by atoms with Crippen molar-refractivity contribution in [2.45, 2.75) is 13.5 Å². The third kappa shape index (κ3) is 2.99. The number of fused-ring (bicyclic) bond motifs is 1. The van der Waals surface area contributed by atoms with Crippen LogP contribution in [0.5, 0.6) is 5.75 Å². The van der Waals surface area contributed by atoms with E-state index < -0.39 is 11.7 Å². The highest BCUT2D eigenvalue weighted by Crippen LogP contribution is 2.34. The number of benzene rings is 3. The molecule has 1 aliphatic heterocycles. The number of ketones is 1. The molecule has 3 aromatic carbocycles. The van der Waals surface area contributed by atoms with E-state index in [0.717, 1.165) is 28.0 Å². The lowest BCUT2D eigenvalue weighted by molar-refractivity contribution is -0.114. The Kier molecular flexibility index (Phi) is 4.24. The van der Waals surface area contributed by atoms with Gasteiger partial charge in [-0.05, 0) is 42.3 Å². The van der Waals surface area contributed by atoms with Crippen LogP contribution in [0.4, 0.5) is 5.69 Å². The monoisotopic (exact) mass is 357 g/mol. The first-order valence-corrected chi connectivity index (χ1v) is 8.77. The van der Waals surface area contributed by atoms with E-state index in [1.54, 1.807) is 24.1 Å². The fourth-order valence-electron chi connectivity index (χ4n) is 3.48. The van der Waals surface area contributed by atoms with E-state index in [-0.39, 0.29) is 0 Å². The Balaban J connectivity index is 1.73. The van der Waals surface area contributed by atoms with Crippen molar-refractivity contribution in [3.05, 3.63) is 83.4 Å². The number of methoxy groups -OCH3 is 1. The van der Waals surface area contributed by atoms with Crippen molar-refractivity contribution >= 4 is 17.4 Å². The highest BCUT2D eigenvalue weighted by molar-refractivity contribution is 6.52. The molecule has 0 bridgehead atoms. The number of hydrogen-bond acceptors (Lipinski definition) is 3. The Hall–Kier alpha value is -3.40. The summed E-state index contributed by atoms with van der Waals surface area (Å²) >= 11 is 0. The van der Waals surface area contributed by atoms with Crippen LogP contribution >= 0.6 is 0 Å². The van der Waals surface area contributed by atoms with Crippen molar-refractivity contribution in [2.24, 2.45) is 0 Å². The molecule has 4 nitrogen and oxygen atoms in total. The van der Waals surface area contributed by atoms with Crippen molar-refractivity contribution in [3.8, 4) is 16.9 Å². The van der Waals surface area contributed by atoms with Crippen molar-refractivity contribution < 1.29 is 14.3 Å². The number of amides is 1. The number of carbonyl (C=O) groups is 2. The zero-order chi connectivity index (χ0) is 19.0. The Morgan fingerprint density at radius 2 is 1.70 bits per heavy atom. The fourth-order valence-corrected chi connectivity index (χ4v) is 3.48. The van der Waals surface area contributed by atoms with E-state index in [1.807, 2.05) is 55.5 Å². The van der Waals surface area contributed by atoms with Crippen molar-refractivity contribution in [3.63, 3.8) is 0 Å². The minimum Gasteiger partial charge on any atom is -0.496 e. The molecule has 0 aromatic heterocycles. The van der Waals surface area contributed by atoms with Gasteiger partial charge in [0.2, 0.25) is 0 Å². The van der Waals surface area contributed by atoms with Gasteiger partial charge in [-0.25, -0.2) is 0 Å². The van der Waals surface area contributed by atoms with Crippen LogP contribution < -0.4 is 9.64 Å². The molecule has 4 rings (SSSR count). The standard InChI is InChI=1S/C23H19NO3/c1-15-6-5-7-17(12-15)19-13-16(10-11-21(19)27-2)14-24-20-9-4-3-8-18(20)22(25)23(24)26/h3-13H,14H2,1-2H3. The molecular formula is C23H19NO3. The molecule has 0 fully saturated rings. The van der Waals surface area contributed by atoms with Gasteiger partial charge in [0.25, 0.3) is 11.7 Å². The summed E-state index contributed by atoms with van der Waals surface area (Å²) in [6, 6.07) is 21.2. The molecule has 1 heterocycles. The van der Waals surface area contributed by atoms with E-state index in [2.05, 4.69) is 6.07 Å². The number of hydrogen-bond donors (Lipinski definition) is 0. The number of aryl methyl sites for hydroxylation is 1. The van der Waals surface area contributed by atoms with Crippen LogP contribution in [0, 0.1) is 6.92 Å². The first-order chi connectivity index (χ1) is 13.1. The minimum atomic E-state index is -0.482. The first kappa shape index (κ1) is 17.0. The molecule has 0 radical (unpaired) electrons. The third-order valence-corrected chi connectivity index (χ3v) is 4.81. The Morgan fingerprint density at radius 1 is 0.889 bits per heavy atom. The molecule has 0 aliphatic carbocycles. The summed E-state index contributed by atoms with van der Waals surface area (Å²) in [7, 11) is 1.65. The molecule has 3 aromatic rings. The number of anilines is 1. The summed E-state index contributed by atoms with van der Waals surface area (Å²) in [5.74, 6) is -0.157. The Labute approximate surface area is 158 Å². The molecule has 0 atom stereocenters. The van der Waals surface area contributed by atoms with Crippen molar-refractivity contribution in [1.29, 1.82) is 0 Å². The van der Waals surface area contributed by atoms with Crippen LogP contribution in [-0.4, -0.2) is 18.8 Å². The molecule has 0 spiro atoms. The predicted octanol–water partition coefficient (Wildman–Crippen LogP) is 4.40. The Morgan fingerprint density at radius 3 is 2.48 bits per heavy atom. The summed E-state index contributed by atoms with van der Waals surface area (Å²) in [5, 5.41) is 0. The number of para-hydroxylation sites is 1. The van der Waals surface area contributed by atoms with Gasteiger partial charge < -0.3 is 9.64 Å². The van der Waals surface area contributed by atoms with Crippen LogP contribution in [0.2, 0.25) is 0 Å². The van der Waals surface area contributed by atoms with Crippen LogP contribution in [-0.2, 0) is 11.3 Å². The average Bonchev–Trinajstić information content (AvgIpc) is 2.93. The van der Waals surface area contributed by atoms with Gasteiger partial charge in [-0.15, -0.1) is 0 Å². The van der Waals surface area contributed by atoms with Gasteiger partial charge in [0.15, 0.2) is 0 Å². The molecule has 4 heteroatoms. The molecule has 0 saturated heterocycles. The molecule has 0 N–H and O–H groups in total. The maximum absolute atomic E-state index is 12.4. The number of rotatable bonds is 4. The maximum Gasteiger partial charge on any atom is 0.299 e. The quantitative estimate of drug-likeness (QED) is 0.650. The van der Waals surface area contributed by atoms with Gasteiger partial charge in [-0.1, -0.05) is 48.0 Å². The fraction of sp³-hybridized carbons (Fsp3) is 0.130. The van der Waals surface area contributed by atoms with Gasteiger partial charge in [0, 0.05) is 5.56 Å². The summed E-state index contributed by atoms with van der Waals surface area (Å²) in [4.78, 5) is 26.2. The van der Waals surface area contributed by atoms with E-state index in [1.165, 1.54) is 0 Å². The largest absolute Gasteiger partial charge is 0.496 e.